The van der Waals surface area contributed by atoms with E-state index in [4.69, 9.17) is 5.73 Å². The van der Waals surface area contributed by atoms with E-state index < -0.39 is 20.6 Å². The monoisotopic (exact) mass is 333 g/mol. The number of nitrogen functional groups attached to an aromatic ring is 1. The molecule has 21 heavy (non-hydrogen) atoms. The summed E-state index contributed by atoms with van der Waals surface area (Å²) >= 11 is 1.75. The van der Waals surface area contributed by atoms with E-state index in [1.165, 1.54) is 12.1 Å². The smallest absolute Gasteiger partial charge is 0.293 e. The molecule has 0 bridgehead atoms. The molecule has 0 radical (unpaired) electrons. The van der Waals surface area contributed by atoms with Gasteiger partial charge in [-0.25, -0.2) is 13.1 Å². The first-order chi connectivity index (χ1) is 9.88. The summed E-state index contributed by atoms with van der Waals surface area (Å²) in [7, 11) is -3.74. The van der Waals surface area contributed by atoms with Crippen LogP contribution < -0.4 is 10.5 Å². The highest BCUT2D eigenvalue weighted by molar-refractivity contribution is 7.98. The second kappa shape index (κ2) is 8.20. The van der Waals surface area contributed by atoms with Crippen molar-refractivity contribution in [1.29, 1.82) is 0 Å². The van der Waals surface area contributed by atoms with Crippen LogP contribution in [-0.2, 0) is 10.0 Å². The van der Waals surface area contributed by atoms with Crippen LogP contribution in [0, 0.1) is 10.1 Å². The van der Waals surface area contributed by atoms with Gasteiger partial charge in [-0.2, -0.15) is 11.8 Å². The summed E-state index contributed by atoms with van der Waals surface area (Å²) in [5.41, 5.74) is 4.98. The molecule has 0 saturated heterocycles. The average molecular weight is 333 g/mol. The van der Waals surface area contributed by atoms with E-state index in [1.807, 2.05) is 6.26 Å². The van der Waals surface area contributed by atoms with E-state index in [2.05, 4.69) is 4.72 Å². The molecule has 0 heterocycles. The van der Waals surface area contributed by atoms with Gasteiger partial charge in [0, 0.05) is 12.6 Å². The van der Waals surface area contributed by atoms with Gasteiger partial charge in [0.25, 0.3) is 5.69 Å². The van der Waals surface area contributed by atoms with Crippen LogP contribution in [0.2, 0.25) is 0 Å². The van der Waals surface area contributed by atoms with Gasteiger partial charge in [-0.1, -0.05) is 6.42 Å². The Bertz CT molecular complexity index is 590. The number of hydrogen-bond acceptors (Lipinski definition) is 6. The minimum Gasteiger partial charge on any atom is -0.393 e. The van der Waals surface area contributed by atoms with Crippen molar-refractivity contribution in [3.8, 4) is 0 Å². The lowest BCUT2D eigenvalue weighted by atomic mass is 10.2. The minimum absolute atomic E-state index is 0.0592. The first-order valence-electron chi connectivity index (χ1n) is 6.41. The van der Waals surface area contributed by atoms with Gasteiger partial charge in [0.15, 0.2) is 0 Å². The maximum Gasteiger partial charge on any atom is 0.293 e. The quantitative estimate of drug-likeness (QED) is 0.309. The number of nitro groups is 1. The molecule has 0 aliphatic carbocycles. The third-order valence-electron chi connectivity index (χ3n) is 2.83. The van der Waals surface area contributed by atoms with Gasteiger partial charge in [-0.05, 0) is 37.0 Å². The van der Waals surface area contributed by atoms with Crippen molar-refractivity contribution in [2.24, 2.45) is 0 Å². The number of rotatable bonds is 9. The Balaban J connectivity index is 2.66. The van der Waals surface area contributed by atoms with E-state index in [0.29, 0.717) is 6.54 Å². The van der Waals surface area contributed by atoms with E-state index in [1.54, 1.807) is 11.8 Å². The zero-order valence-electron chi connectivity index (χ0n) is 11.7. The zero-order valence-corrected chi connectivity index (χ0v) is 13.4. The van der Waals surface area contributed by atoms with Gasteiger partial charge in [-0.3, -0.25) is 10.1 Å². The number of sulfonamides is 1. The Morgan fingerprint density at radius 1 is 1.33 bits per heavy atom. The number of nitro benzene ring substituents is 1. The highest BCUT2D eigenvalue weighted by Crippen LogP contribution is 2.24. The van der Waals surface area contributed by atoms with E-state index >= 15 is 0 Å². The summed E-state index contributed by atoms with van der Waals surface area (Å²) < 4.78 is 26.5. The van der Waals surface area contributed by atoms with Crippen molar-refractivity contribution >= 4 is 33.2 Å². The van der Waals surface area contributed by atoms with Crippen molar-refractivity contribution in [2.45, 2.75) is 24.2 Å². The Hall–Kier alpha value is -1.32. The fourth-order valence-corrected chi connectivity index (χ4v) is 3.27. The molecule has 0 aliphatic rings. The number of nitrogens with one attached hydrogen (secondary N) is 1. The molecule has 9 heteroatoms. The first-order valence-corrected chi connectivity index (χ1v) is 9.28. The van der Waals surface area contributed by atoms with Crippen LogP contribution in [0.25, 0.3) is 0 Å². The Labute approximate surface area is 128 Å². The average Bonchev–Trinajstić information content (AvgIpc) is 2.42. The molecule has 0 unspecified atom stereocenters. The standard InChI is InChI=1S/C12H19N3O4S2/c1-20-8-4-2-3-7-14-21(18,19)10-5-6-11(13)12(9-10)15(16)17/h5-6,9,14H,2-4,7-8,13H2,1H3. The van der Waals surface area contributed by atoms with Crippen molar-refractivity contribution in [3.63, 3.8) is 0 Å². The molecule has 7 nitrogen and oxygen atoms in total. The Morgan fingerprint density at radius 3 is 2.67 bits per heavy atom. The molecule has 118 valence electrons. The van der Waals surface area contributed by atoms with Crippen LogP contribution >= 0.6 is 11.8 Å². The molecular formula is C12H19N3O4S2. The van der Waals surface area contributed by atoms with Crippen molar-refractivity contribution < 1.29 is 13.3 Å². The summed E-state index contributed by atoms with van der Waals surface area (Å²) in [6, 6.07) is 3.47. The van der Waals surface area contributed by atoms with Gasteiger partial charge in [-0.15, -0.1) is 0 Å². The first kappa shape index (κ1) is 17.7. The highest BCUT2D eigenvalue weighted by atomic mass is 32.2. The van der Waals surface area contributed by atoms with Crippen LogP contribution in [-0.4, -0.2) is 31.9 Å². The summed E-state index contributed by atoms with van der Waals surface area (Å²) in [6.07, 6.45) is 4.73. The molecule has 0 aliphatic heterocycles. The fourth-order valence-electron chi connectivity index (χ4n) is 1.69. The van der Waals surface area contributed by atoms with E-state index in [-0.39, 0.29) is 10.6 Å². The van der Waals surface area contributed by atoms with Gasteiger partial charge in [0.2, 0.25) is 10.0 Å². The normalized spacial score (nSPS) is 11.5. The minimum atomic E-state index is -3.74. The van der Waals surface area contributed by atoms with E-state index in [9.17, 15) is 18.5 Å². The largest absolute Gasteiger partial charge is 0.393 e. The number of thioether (sulfide) groups is 1. The molecule has 0 spiro atoms. The molecule has 0 aromatic heterocycles. The van der Waals surface area contributed by atoms with Gasteiger partial charge in [0.05, 0.1) is 9.82 Å². The summed E-state index contributed by atoms with van der Waals surface area (Å²) in [5, 5.41) is 10.8. The molecule has 0 atom stereocenters. The Kier molecular flexibility index (Phi) is 6.93. The number of unbranched alkanes of at least 4 members (excludes halogenated alkanes) is 2. The number of hydrogen-bond donors (Lipinski definition) is 2. The second-order valence-electron chi connectivity index (χ2n) is 4.43. The molecule has 0 fully saturated rings. The maximum atomic E-state index is 12.0. The lowest BCUT2D eigenvalue weighted by molar-refractivity contribution is -0.384. The molecule has 0 amide bonds. The van der Waals surface area contributed by atoms with E-state index in [0.717, 1.165) is 31.1 Å². The fraction of sp³-hybridized carbons (Fsp3) is 0.500. The molecule has 0 saturated carbocycles. The highest BCUT2D eigenvalue weighted by Gasteiger charge is 2.19. The lowest BCUT2D eigenvalue weighted by Crippen LogP contribution is -2.25. The molecule has 1 aromatic carbocycles. The van der Waals surface area contributed by atoms with Gasteiger partial charge in [0.1, 0.15) is 5.69 Å². The topological polar surface area (TPSA) is 115 Å². The number of benzene rings is 1. The van der Waals surface area contributed by atoms with Gasteiger partial charge >= 0.3 is 0 Å². The van der Waals surface area contributed by atoms with Crippen LogP contribution in [0.1, 0.15) is 19.3 Å². The maximum absolute atomic E-state index is 12.0. The molecule has 3 N–H and O–H groups in total. The molecule has 1 aromatic rings. The SMILES string of the molecule is CSCCCCCNS(=O)(=O)c1ccc(N)c([N+](=O)[O-])c1. The van der Waals surface area contributed by atoms with Crippen LogP contribution in [0.5, 0.6) is 0 Å². The lowest BCUT2D eigenvalue weighted by Gasteiger charge is -2.07. The second-order valence-corrected chi connectivity index (χ2v) is 7.18. The molecule has 1 rings (SSSR count). The van der Waals surface area contributed by atoms with Crippen molar-refractivity contribution in [3.05, 3.63) is 28.3 Å². The number of nitrogens with two attached hydrogens (primary N) is 1. The van der Waals surface area contributed by atoms with Crippen molar-refractivity contribution in [2.75, 3.05) is 24.3 Å². The van der Waals surface area contributed by atoms with Crippen LogP contribution in [0.15, 0.2) is 23.1 Å². The summed E-state index contributed by atoms with van der Waals surface area (Å²) in [4.78, 5) is 9.93. The molecular weight excluding hydrogens is 314 g/mol. The number of anilines is 1. The Morgan fingerprint density at radius 2 is 2.05 bits per heavy atom. The van der Waals surface area contributed by atoms with Crippen LogP contribution in [0.3, 0.4) is 0 Å². The van der Waals surface area contributed by atoms with Crippen LogP contribution in [0.4, 0.5) is 11.4 Å². The predicted octanol–water partition coefficient (Wildman–Crippen LogP) is 1.99. The number of nitrogens with zero attached hydrogens (tertiary/aromatic N) is 1. The van der Waals surface area contributed by atoms with Gasteiger partial charge < -0.3 is 5.73 Å². The zero-order chi connectivity index (χ0) is 15.9. The van der Waals surface area contributed by atoms with Crippen molar-refractivity contribution in [1.82, 2.24) is 4.72 Å². The third kappa shape index (κ3) is 5.52. The summed E-state index contributed by atoms with van der Waals surface area (Å²) in [6.45, 7) is 0.314. The third-order valence-corrected chi connectivity index (χ3v) is 4.98. The predicted molar refractivity (Wildman–Crippen MR) is 84.9 cm³/mol. The summed E-state index contributed by atoms with van der Waals surface area (Å²) in [5.74, 6) is 1.05.